The Kier molecular flexibility index (Phi) is 6.32. The van der Waals surface area contributed by atoms with Crippen LogP contribution in [0.5, 0.6) is 17.2 Å². The van der Waals surface area contributed by atoms with Crippen molar-refractivity contribution in [3.05, 3.63) is 48.5 Å². The number of nitrogens with one attached hydrogen (secondary N) is 1. The van der Waals surface area contributed by atoms with Crippen LogP contribution in [0.3, 0.4) is 0 Å². The number of carbonyl (C=O) groups is 1. The molecule has 0 bridgehead atoms. The summed E-state index contributed by atoms with van der Waals surface area (Å²) < 4.78 is 50.9. The maximum atomic E-state index is 12.3. The number of methoxy groups -OCH3 is 1. The summed E-state index contributed by atoms with van der Waals surface area (Å²) in [5, 5.41) is 2.60. The fourth-order valence-electron chi connectivity index (χ4n) is 2.10. The Morgan fingerprint density at radius 3 is 2.04 bits per heavy atom. The van der Waals surface area contributed by atoms with Crippen LogP contribution in [0.4, 0.5) is 18.9 Å². The Bertz CT molecular complexity index is 715. The van der Waals surface area contributed by atoms with E-state index in [0.29, 0.717) is 23.6 Å². The minimum Gasteiger partial charge on any atom is -0.497 e. The highest BCUT2D eigenvalue weighted by Gasteiger charge is 2.31. The number of benzene rings is 2. The van der Waals surface area contributed by atoms with Crippen molar-refractivity contribution in [2.24, 2.45) is 0 Å². The van der Waals surface area contributed by atoms with Gasteiger partial charge in [0.1, 0.15) is 17.2 Å². The highest BCUT2D eigenvalue weighted by Crippen LogP contribution is 2.24. The van der Waals surface area contributed by atoms with Crippen LogP contribution >= 0.6 is 0 Å². The number of rotatable bonds is 7. The Balaban J connectivity index is 1.97. The molecule has 0 saturated carbocycles. The quantitative estimate of drug-likeness (QED) is 0.786. The Hall–Kier alpha value is -2.90. The predicted molar refractivity (Wildman–Crippen MR) is 89.5 cm³/mol. The van der Waals surface area contributed by atoms with E-state index in [1.165, 1.54) is 12.1 Å². The lowest BCUT2D eigenvalue weighted by Crippen LogP contribution is -2.32. The third-order valence-corrected chi connectivity index (χ3v) is 3.36. The monoisotopic (exact) mass is 369 g/mol. The average molecular weight is 369 g/mol. The molecule has 0 saturated heterocycles. The SMILES string of the molecule is CC[C@H](Oc1ccc(OC)cc1)C(=O)Nc1ccc(OC(F)(F)F)cc1. The standard InChI is InChI=1S/C18H18F3NO4/c1-3-16(25-14-10-8-13(24-2)9-11-14)17(23)22-12-4-6-15(7-5-12)26-18(19,20)21/h4-11,16H,3H2,1-2H3,(H,22,23)/t16-/m0/s1. The summed E-state index contributed by atoms with van der Waals surface area (Å²) in [6, 6.07) is 11.6. The first-order chi connectivity index (χ1) is 12.3. The number of anilines is 1. The Morgan fingerprint density at radius 1 is 1.00 bits per heavy atom. The van der Waals surface area contributed by atoms with Crippen molar-refractivity contribution in [3.63, 3.8) is 0 Å². The average Bonchev–Trinajstić information content (AvgIpc) is 2.60. The molecule has 5 nitrogen and oxygen atoms in total. The molecule has 1 amide bonds. The minimum atomic E-state index is -4.76. The van der Waals surface area contributed by atoms with Gasteiger partial charge in [0, 0.05) is 5.69 Å². The predicted octanol–water partition coefficient (Wildman–Crippen LogP) is 4.39. The van der Waals surface area contributed by atoms with Crippen molar-refractivity contribution in [2.75, 3.05) is 12.4 Å². The zero-order chi connectivity index (χ0) is 19.2. The van der Waals surface area contributed by atoms with Gasteiger partial charge in [0.2, 0.25) is 0 Å². The van der Waals surface area contributed by atoms with Crippen LogP contribution in [-0.2, 0) is 4.79 Å². The lowest BCUT2D eigenvalue weighted by Gasteiger charge is -2.17. The molecular formula is C18H18F3NO4. The van der Waals surface area contributed by atoms with Crippen molar-refractivity contribution in [3.8, 4) is 17.2 Å². The van der Waals surface area contributed by atoms with Gasteiger partial charge in [0.05, 0.1) is 7.11 Å². The molecule has 0 fully saturated rings. The van der Waals surface area contributed by atoms with Gasteiger partial charge in [0.25, 0.3) is 5.91 Å². The fourth-order valence-corrected chi connectivity index (χ4v) is 2.10. The van der Waals surface area contributed by atoms with Crippen LogP contribution in [0.25, 0.3) is 0 Å². The molecule has 2 rings (SSSR count). The number of amides is 1. The third-order valence-electron chi connectivity index (χ3n) is 3.36. The molecule has 0 aromatic heterocycles. The van der Waals surface area contributed by atoms with Gasteiger partial charge in [-0.05, 0) is 55.0 Å². The van der Waals surface area contributed by atoms with Gasteiger partial charge in [-0.25, -0.2) is 0 Å². The molecule has 0 radical (unpaired) electrons. The zero-order valence-corrected chi connectivity index (χ0v) is 14.2. The first-order valence-electron chi connectivity index (χ1n) is 7.78. The maximum Gasteiger partial charge on any atom is 0.573 e. The Morgan fingerprint density at radius 2 is 1.54 bits per heavy atom. The summed E-state index contributed by atoms with van der Waals surface area (Å²) in [6.07, 6.45) is -5.10. The summed E-state index contributed by atoms with van der Waals surface area (Å²) >= 11 is 0. The maximum absolute atomic E-state index is 12.3. The van der Waals surface area contributed by atoms with Crippen molar-refractivity contribution in [1.29, 1.82) is 0 Å². The number of alkyl halides is 3. The van der Waals surface area contributed by atoms with Gasteiger partial charge >= 0.3 is 6.36 Å². The molecule has 0 unspecified atom stereocenters. The smallest absolute Gasteiger partial charge is 0.497 e. The lowest BCUT2D eigenvalue weighted by molar-refractivity contribution is -0.274. The molecule has 0 aliphatic heterocycles. The first-order valence-corrected chi connectivity index (χ1v) is 7.78. The van der Waals surface area contributed by atoms with Crippen molar-refractivity contribution < 1.29 is 32.2 Å². The molecule has 0 aliphatic rings. The topological polar surface area (TPSA) is 56.8 Å². The van der Waals surface area contributed by atoms with Gasteiger partial charge in [-0.3, -0.25) is 4.79 Å². The van der Waals surface area contributed by atoms with Crippen LogP contribution in [0, 0.1) is 0 Å². The molecule has 1 atom stereocenters. The molecule has 2 aromatic rings. The molecule has 0 spiro atoms. The highest BCUT2D eigenvalue weighted by molar-refractivity contribution is 5.94. The molecular weight excluding hydrogens is 351 g/mol. The molecule has 8 heteroatoms. The van der Waals surface area contributed by atoms with Gasteiger partial charge in [-0.1, -0.05) is 6.92 Å². The summed E-state index contributed by atoms with van der Waals surface area (Å²) in [5.74, 6) is 0.391. The number of hydrogen-bond acceptors (Lipinski definition) is 4. The second kappa shape index (κ2) is 8.46. The third kappa shape index (κ3) is 5.87. The summed E-state index contributed by atoms with van der Waals surface area (Å²) in [7, 11) is 1.54. The van der Waals surface area contributed by atoms with E-state index in [-0.39, 0.29) is 5.75 Å². The number of carbonyl (C=O) groups excluding carboxylic acids is 1. The summed E-state index contributed by atoms with van der Waals surface area (Å²) in [6.45, 7) is 1.79. The molecule has 1 N–H and O–H groups in total. The van der Waals surface area contributed by atoms with Crippen molar-refractivity contribution in [1.82, 2.24) is 0 Å². The zero-order valence-electron chi connectivity index (χ0n) is 14.2. The molecule has 0 aliphatic carbocycles. The van der Waals surface area contributed by atoms with Gasteiger partial charge < -0.3 is 19.5 Å². The van der Waals surface area contributed by atoms with E-state index in [1.807, 2.05) is 0 Å². The molecule has 140 valence electrons. The second-order valence-corrected chi connectivity index (χ2v) is 5.25. The lowest BCUT2D eigenvalue weighted by atomic mass is 10.2. The number of ether oxygens (including phenoxy) is 3. The van der Waals surface area contributed by atoms with Gasteiger partial charge in [-0.2, -0.15) is 0 Å². The summed E-state index contributed by atoms with van der Waals surface area (Å²) in [5.41, 5.74) is 0.335. The molecule has 0 heterocycles. The van der Waals surface area contributed by atoms with E-state index >= 15 is 0 Å². The van der Waals surface area contributed by atoms with E-state index in [9.17, 15) is 18.0 Å². The number of hydrogen-bond donors (Lipinski definition) is 1. The Labute approximate surface area is 148 Å². The van der Waals surface area contributed by atoms with Crippen LogP contribution in [0.1, 0.15) is 13.3 Å². The van der Waals surface area contributed by atoms with E-state index in [2.05, 4.69) is 10.1 Å². The summed E-state index contributed by atoms with van der Waals surface area (Å²) in [4.78, 5) is 12.3. The van der Waals surface area contributed by atoms with Crippen molar-refractivity contribution in [2.45, 2.75) is 25.8 Å². The second-order valence-electron chi connectivity index (χ2n) is 5.25. The van der Waals surface area contributed by atoms with Crippen molar-refractivity contribution >= 4 is 11.6 Å². The normalized spacial score (nSPS) is 12.2. The van der Waals surface area contributed by atoms with E-state index in [4.69, 9.17) is 9.47 Å². The number of halogens is 3. The van der Waals surface area contributed by atoms with Gasteiger partial charge in [0.15, 0.2) is 6.10 Å². The van der Waals surface area contributed by atoms with Crippen LogP contribution in [0.15, 0.2) is 48.5 Å². The van der Waals surface area contributed by atoms with Crippen LogP contribution in [0.2, 0.25) is 0 Å². The first kappa shape index (κ1) is 19.4. The minimum absolute atomic E-state index is 0.335. The molecule has 26 heavy (non-hydrogen) atoms. The van der Waals surface area contributed by atoms with Crippen LogP contribution < -0.4 is 19.5 Å². The fraction of sp³-hybridized carbons (Fsp3) is 0.278. The highest BCUT2D eigenvalue weighted by atomic mass is 19.4. The molecule has 2 aromatic carbocycles. The van der Waals surface area contributed by atoms with E-state index < -0.39 is 18.4 Å². The van der Waals surface area contributed by atoms with Crippen LogP contribution in [-0.4, -0.2) is 25.5 Å². The van der Waals surface area contributed by atoms with E-state index in [1.54, 1.807) is 38.3 Å². The largest absolute Gasteiger partial charge is 0.573 e. The van der Waals surface area contributed by atoms with Gasteiger partial charge in [-0.15, -0.1) is 13.2 Å². The van der Waals surface area contributed by atoms with E-state index in [0.717, 1.165) is 12.1 Å².